The maximum absolute atomic E-state index is 13.1. The van der Waals surface area contributed by atoms with Gasteiger partial charge in [0, 0.05) is 17.6 Å². The van der Waals surface area contributed by atoms with Gasteiger partial charge in [-0.15, -0.1) is 0 Å². The first-order valence-corrected chi connectivity index (χ1v) is 11.2. The van der Waals surface area contributed by atoms with Crippen LogP contribution in [-0.4, -0.2) is 20.6 Å². The summed E-state index contributed by atoms with van der Waals surface area (Å²) in [7, 11) is 0. The number of carbonyl (C=O) groups is 2. The van der Waals surface area contributed by atoms with Gasteiger partial charge >= 0.3 is 6.18 Å². The maximum atomic E-state index is 13.1. The summed E-state index contributed by atoms with van der Waals surface area (Å²) in [6.45, 7) is 0.137. The van der Waals surface area contributed by atoms with Gasteiger partial charge in [-0.3, -0.25) is 14.5 Å². The highest BCUT2D eigenvalue weighted by Crippen LogP contribution is 2.35. The lowest BCUT2D eigenvalue weighted by molar-refractivity contribution is -0.137. The lowest BCUT2D eigenvalue weighted by Gasteiger charge is -2.14. The summed E-state index contributed by atoms with van der Waals surface area (Å²) in [5.74, 6) is -0.431. The zero-order valence-corrected chi connectivity index (χ0v) is 18.4. The molecule has 170 valence electrons. The predicted molar refractivity (Wildman–Crippen MR) is 126 cm³/mol. The molecular weight excluding hydrogens is 461 g/mol. The normalized spacial score (nSPS) is 15.6. The Balaban J connectivity index is 1.44. The summed E-state index contributed by atoms with van der Waals surface area (Å²) < 4.78 is 41.0. The third-order valence-corrected chi connectivity index (χ3v) is 6.50. The van der Waals surface area contributed by atoms with Crippen molar-refractivity contribution >= 4 is 39.8 Å². The number of rotatable bonds is 4. The molecule has 1 fully saturated rings. The first-order chi connectivity index (χ1) is 16.3. The molecule has 0 atom stereocenters. The molecule has 1 aliphatic heterocycles. The van der Waals surface area contributed by atoms with Crippen LogP contribution in [0.2, 0.25) is 0 Å². The molecule has 2 heterocycles. The standard InChI is InChI=1S/C26H17F3N2O2S/c27-26(28,29)19-9-4-10-20(14-19)30-13-5-11-21(30)15-23-24(32)31(25(33)34-23)16-18-8-3-7-17-6-1-2-12-22(17)18/h1-15H,16H2/b23-15+. The Morgan fingerprint density at radius 2 is 1.65 bits per heavy atom. The number of nitrogens with zero attached hydrogens (tertiary/aromatic N) is 2. The Kier molecular flexibility index (Phi) is 5.53. The van der Waals surface area contributed by atoms with Crippen LogP contribution in [0, 0.1) is 0 Å². The molecule has 34 heavy (non-hydrogen) atoms. The van der Waals surface area contributed by atoms with Crippen LogP contribution in [0.15, 0.2) is 90.0 Å². The van der Waals surface area contributed by atoms with Gasteiger partial charge in [0.1, 0.15) is 0 Å². The highest BCUT2D eigenvalue weighted by atomic mass is 32.2. The number of thioether (sulfide) groups is 1. The number of hydrogen-bond acceptors (Lipinski definition) is 3. The molecule has 0 bridgehead atoms. The van der Waals surface area contributed by atoms with E-state index in [9.17, 15) is 22.8 Å². The smallest absolute Gasteiger partial charge is 0.317 e. The van der Waals surface area contributed by atoms with Gasteiger partial charge in [0.05, 0.1) is 17.0 Å². The molecule has 2 amide bonds. The summed E-state index contributed by atoms with van der Waals surface area (Å²) in [5, 5.41) is 1.59. The predicted octanol–water partition coefficient (Wildman–Crippen LogP) is 6.89. The molecule has 4 aromatic rings. The minimum Gasteiger partial charge on any atom is -0.317 e. The third-order valence-electron chi connectivity index (χ3n) is 5.59. The van der Waals surface area contributed by atoms with E-state index in [4.69, 9.17) is 0 Å². The van der Waals surface area contributed by atoms with Crippen molar-refractivity contribution in [3.63, 3.8) is 0 Å². The van der Waals surface area contributed by atoms with E-state index in [1.807, 2.05) is 42.5 Å². The SMILES string of the molecule is O=C1S/C(=C/c2cccn2-c2cccc(C(F)(F)F)c2)C(=O)N1Cc1cccc2ccccc12. The Morgan fingerprint density at radius 1 is 0.882 bits per heavy atom. The lowest BCUT2D eigenvalue weighted by atomic mass is 10.0. The van der Waals surface area contributed by atoms with E-state index in [1.54, 1.807) is 29.0 Å². The largest absolute Gasteiger partial charge is 0.416 e. The van der Waals surface area contributed by atoms with Gasteiger partial charge in [-0.1, -0.05) is 48.5 Å². The van der Waals surface area contributed by atoms with Crippen LogP contribution in [0.25, 0.3) is 22.5 Å². The van der Waals surface area contributed by atoms with Crippen molar-refractivity contribution in [2.75, 3.05) is 0 Å². The fourth-order valence-electron chi connectivity index (χ4n) is 3.95. The molecule has 1 aromatic heterocycles. The van der Waals surface area contributed by atoms with Crippen LogP contribution in [-0.2, 0) is 17.5 Å². The molecule has 0 radical (unpaired) electrons. The third kappa shape index (κ3) is 4.12. The zero-order valence-electron chi connectivity index (χ0n) is 17.6. The first-order valence-electron chi connectivity index (χ1n) is 10.4. The molecule has 8 heteroatoms. The van der Waals surface area contributed by atoms with Gasteiger partial charge < -0.3 is 4.57 Å². The number of imide groups is 1. The van der Waals surface area contributed by atoms with E-state index in [0.29, 0.717) is 11.4 Å². The Bertz CT molecular complexity index is 1450. The second-order valence-electron chi connectivity index (χ2n) is 7.76. The molecule has 0 N–H and O–H groups in total. The van der Waals surface area contributed by atoms with Crippen LogP contribution in [0.3, 0.4) is 0 Å². The first kappa shape index (κ1) is 22.0. The van der Waals surface area contributed by atoms with Crippen molar-refractivity contribution in [3.05, 3.63) is 107 Å². The number of alkyl halides is 3. The van der Waals surface area contributed by atoms with E-state index in [2.05, 4.69) is 0 Å². The van der Waals surface area contributed by atoms with Crippen molar-refractivity contribution in [3.8, 4) is 5.69 Å². The molecule has 3 aromatic carbocycles. The number of fused-ring (bicyclic) bond motifs is 1. The number of aromatic nitrogens is 1. The molecule has 1 saturated heterocycles. The highest BCUT2D eigenvalue weighted by Gasteiger charge is 2.35. The number of halogens is 3. The van der Waals surface area contributed by atoms with Gasteiger partial charge in [-0.25, -0.2) is 0 Å². The Labute approximate surface area is 197 Å². The molecule has 0 spiro atoms. The average Bonchev–Trinajstić information content (AvgIpc) is 3.39. The minimum absolute atomic E-state index is 0.137. The summed E-state index contributed by atoms with van der Waals surface area (Å²) in [4.78, 5) is 27.2. The van der Waals surface area contributed by atoms with Gasteiger partial charge in [0.15, 0.2) is 0 Å². The number of hydrogen-bond donors (Lipinski definition) is 0. The van der Waals surface area contributed by atoms with Crippen molar-refractivity contribution in [1.29, 1.82) is 0 Å². The van der Waals surface area contributed by atoms with Crippen LogP contribution < -0.4 is 0 Å². The second-order valence-corrected chi connectivity index (χ2v) is 8.75. The van der Waals surface area contributed by atoms with Crippen molar-refractivity contribution in [2.24, 2.45) is 0 Å². The minimum atomic E-state index is -4.46. The van der Waals surface area contributed by atoms with E-state index in [0.717, 1.165) is 40.2 Å². The molecule has 0 saturated carbocycles. The van der Waals surface area contributed by atoms with Gasteiger partial charge in [0.2, 0.25) is 0 Å². The van der Waals surface area contributed by atoms with Crippen molar-refractivity contribution < 1.29 is 22.8 Å². The van der Waals surface area contributed by atoms with Crippen molar-refractivity contribution in [2.45, 2.75) is 12.7 Å². The van der Waals surface area contributed by atoms with Crippen LogP contribution in [0.5, 0.6) is 0 Å². The summed E-state index contributed by atoms with van der Waals surface area (Å²) in [6, 6.07) is 21.8. The van der Waals surface area contributed by atoms with Gasteiger partial charge in [-0.05, 0) is 64.5 Å². The van der Waals surface area contributed by atoms with E-state index in [-0.39, 0.29) is 16.7 Å². The Morgan fingerprint density at radius 3 is 2.47 bits per heavy atom. The van der Waals surface area contributed by atoms with E-state index >= 15 is 0 Å². The molecule has 5 rings (SSSR count). The van der Waals surface area contributed by atoms with Crippen LogP contribution in [0.4, 0.5) is 18.0 Å². The van der Waals surface area contributed by atoms with E-state index in [1.165, 1.54) is 17.0 Å². The maximum Gasteiger partial charge on any atom is 0.416 e. The van der Waals surface area contributed by atoms with Gasteiger partial charge in [0.25, 0.3) is 11.1 Å². The summed E-state index contributed by atoms with van der Waals surface area (Å²) >= 11 is 0.821. The van der Waals surface area contributed by atoms with E-state index < -0.39 is 17.6 Å². The summed E-state index contributed by atoms with van der Waals surface area (Å²) in [5.41, 5.74) is 0.894. The average molecular weight is 478 g/mol. The monoisotopic (exact) mass is 478 g/mol. The fraction of sp³-hybridized carbons (Fsp3) is 0.0769. The molecule has 1 aliphatic rings. The fourth-order valence-corrected chi connectivity index (χ4v) is 4.77. The molecule has 0 unspecified atom stereocenters. The second kappa shape index (κ2) is 8.53. The summed E-state index contributed by atoms with van der Waals surface area (Å²) in [6.07, 6.45) is -1.32. The number of amides is 2. The zero-order chi connectivity index (χ0) is 23.9. The molecule has 4 nitrogen and oxygen atoms in total. The number of carbonyl (C=O) groups excluding carboxylic acids is 2. The van der Waals surface area contributed by atoms with Crippen LogP contribution in [0.1, 0.15) is 16.8 Å². The van der Waals surface area contributed by atoms with Crippen molar-refractivity contribution in [1.82, 2.24) is 9.47 Å². The molecule has 0 aliphatic carbocycles. The topological polar surface area (TPSA) is 42.3 Å². The Hall–Kier alpha value is -3.78. The number of benzene rings is 3. The lowest BCUT2D eigenvalue weighted by Crippen LogP contribution is -2.27. The highest BCUT2D eigenvalue weighted by molar-refractivity contribution is 8.18. The molecular formula is C26H17F3N2O2S. The van der Waals surface area contributed by atoms with Crippen LogP contribution >= 0.6 is 11.8 Å². The quantitative estimate of drug-likeness (QED) is 0.300. The van der Waals surface area contributed by atoms with Gasteiger partial charge in [-0.2, -0.15) is 13.2 Å².